The van der Waals surface area contributed by atoms with E-state index in [-0.39, 0.29) is 6.61 Å². The number of aromatic nitrogens is 2. The maximum Gasteiger partial charge on any atom is 0.140 e. The molecule has 0 atom stereocenters. The molecule has 0 aliphatic carbocycles. The minimum absolute atomic E-state index is 0.112. The number of benzene rings is 2. The topological polar surface area (TPSA) is 64.1 Å². The van der Waals surface area contributed by atoms with Gasteiger partial charge in [0, 0.05) is 16.3 Å². The summed E-state index contributed by atoms with van der Waals surface area (Å²) in [5.74, 6) is 0.613. The van der Waals surface area contributed by atoms with Gasteiger partial charge in [0.25, 0.3) is 0 Å². The molecule has 0 unspecified atom stereocenters. The van der Waals surface area contributed by atoms with Gasteiger partial charge in [0.1, 0.15) is 12.4 Å². The number of aliphatic hydroxyl groups excluding tert-OH is 1. The van der Waals surface area contributed by atoms with E-state index < -0.39 is 0 Å². The standard InChI is InChI=1S/C15H15N3OS/c1-20-12-5-3-11(4-6-12)18-14-7-2-10(16)8-13(14)17-15(18)9-19/h2-8,19H,9,16H2,1H3. The lowest BCUT2D eigenvalue weighted by Gasteiger charge is -2.08. The number of nitrogens with zero attached hydrogens (tertiary/aromatic N) is 2. The summed E-state index contributed by atoms with van der Waals surface area (Å²) < 4.78 is 1.96. The molecule has 102 valence electrons. The van der Waals surface area contributed by atoms with Crippen molar-refractivity contribution >= 4 is 28.5 Å². The molecule has 0 amide bonds. The van der Waals surface area contributed by atoms with Crippen LogP contribution in [0.3, 0.4) is 0 Å². The number of fused-ring (bicyclic) bond motifs is 1. The van der Waals surface area contributed by atoms with Crippen molar-refractivity contribution < 1.29 is 5.11 Å². The second-order valence-electron chi connectivity index (χ2n) is 4.47. The lowest BCUT2D eigenvalue weighted by molar-refractivity contribution is 0.270. The lowest BCUT2D eigenvalue weighted by atomic mass is 10.2. The van der Waals surface area contributed by atoms with E-state index in [9.17, 15) is 5.11 Å². The van der Waals surface area contributed by atoms with Crippen molar-refractivity contribution in [3.63, 3.8) is 0 Å². The van der Waals surface area contributed by atoms with E-state index in [1.807, 2.05) is 41.2 Å². The molecule has 0 saturated carbocycles. The largest absolute Gasteiger partial charge is 0.399 e. The Morgan fingerprint density at radius 3 is 2.60 bits per heavy atom. The van der Waals surface area contributed by atoms with E-state index in [4.69, 9.17) is 5.73 Å². The predicted molar refractivity (Wildman–Crippen MR) is 83.2 cm³/mol. The van der Waals surface area contributed by atoms with Crippen LogP contribution in [0.2, 0.25) is 0 Å². The van der Waals surface area contributed by atoms with Gasteiger partial charge in [-0.2, -0.15) is 0 Å². The second kappa shape index (κ2) is 5.19. The van der Waals surface area contributed by atoms with Gasteiger partial charge in [0.2, 0.25) is 0 Å². The van der Waals surface area contributed by atoms with Gasteiger partial charge in [-0.3, -0.25) is 4.57 Å². The highest BCUT2D eigenvalue weighted by Crippen LogP contribution is 2.25. The van der Waals surface area contributed by atoms with Crippen LogP contribution in [-0.4, -0.2) is 20.9 Å². The van der Waals surface area contributed by atoms with Crippen LogP contribution < -0.4 is 5.73 Å². The third kappa shape index (κ3) is 2.15. The number of nitrogen functional groups attached to an aromatic ring is 1. The van der Waals surface area contributed by atoms with Crippen LogP contribution in [0.25, 0.3) is 16.7 Å². The van der Waals surface area contributed by atoms with Crippen molar-refractivity contribution in [2.45, 2.75) is 11.5 Å². The first-order valence-electron chi connectivity index (χ1n) is 6.25. The molecule has 0 spiro atoms. The highest BCUT2D eigenvalue weighted by Gasteiger charge is 2.11. The summed E-state index contributed by atoms with van der Waals surface area (Å²) in [7, 11) is 0. The smallest absolute Gasteiger partial charge is 0.140 e. The molecule has 0 aliphatic rings. The van der Waals surface area contributed by atoms with Crippen LogP contribution in [0.4, 0.5) is 5.69 Å². The van der Waals surface area contributed by atoms with E-state index in [1.165, 1.54) is 4.90 Å². The molecule has 3 N–H and O–H groups in total. The fourth-order valence-corrected chi connectivity index (χ4v) is 2.68. The van der Waals surface area contributed by atoms with Crippen molar-refractivity contribution in [2.75, 3.05) is 12.0 Å². The Labute approximate surface area is 121 Å². The first-order chi connectivity index (χ1) is 9.72. The summed E-state index contributed by atoms with van der Waals surface area (Å²) in [6.45, 7) is -0.112. The number of anilines is 1. The summed E-state index contributed by atoms with van der Waals surface area (Å²) in [6, 6.07) is 13.8. The van der Waals surface area contributed by atoms with E-state index in [1.54, 1.807) is 11.8 Å². The van der Waals surface area contributed by atoms with Gasteiger partial charge in [-0.15, -0.1) is 11.8 Å². The number of hydrogen-bond acceptors (Lipinski definition) is 4. The van der Waals surface area contributed by atoms with Crippen molar-refractivity contribution in [2.24, 2.45) is 0 Å². The van der Waals surface area contributed by atoms with Gasteiger partial charge in [-0.25, -0.2) is 4.98 Å². The summed E-state index contributed by atoms with van der Waals surface area (Å²) in [6.07, 6.45) is 2.05. The molecule has 1 heterocycles. The van der Waals surface area contributed by atoms with Gasteiger partial charge in [0.15, 0.2) is 0 Å². The number of imidazole rings is 1. The lowest BCUT2D eigenvalue weighted by Crippen LogP contribution is -2.00. The second-order valence-corrected chi connectivity index (χ2v) is 5.35. The molecule has 2 aromatic carbocycles. The first kappa shape index (κ1) is 13.0. The summed E-state index contributed by atoms with van der Waals surface area (Å²) in [5, 5.41) is 9.53. The Kier molecular flexibility index (Phi) is 3.38. The number of nitrogens with two attached hydrogens (primary N) is 1. The number of hydrogen-bond donors (Lipinski definition) is 2. The van der Waals surface area contributed by atoms with Crippen LogP contribution in [0, 0.1) is 0 Å². The molecule has 1 aromatic heterocycles. The molecule has 0 fully saturated rings. The normalized spacial score (nSPS) is 11.1. The minimum Gasteiger partial charge on any atom is -0.399 e. The van der Waals surface area contributed by atoms with Crippen molar-refractivity contribution in [3.8, 4) is 5.69 Å². The molecule has 0 radical (unpaired) electrons. The maximum atomic E-state index is 9.53. The monoisotopic (exact) mass is 285 g/mol. The van der Waals surface area contributed by atoms with Gasteiger partial charge in [-0.1, -0.05) is 0 Å². The molecule has 20 heavy (non-hydrogen) atoms. The van der Waals surface area contributed by atoms with Crippen LogP contribution in [0.15, 0.2) is 47.4 Å². The molecule has 3 aromatic rings. The maximum absolute atomic E-state index is 9.53. The Morgan fingerprint density at radius 1 is 1.20 bits per heavy atom. The van der Waals surface area contributed by atoms with Crippen molar-refractivity contribution in [1.29, 1.82) is 0 Å². The van der Waals surface area contributed by atoms with Crippen LogP contribution in [0.5, 0.6) is 0 Å². The van der Waals surface area contributed by atoms with Gasteiger partial charge in [0.05, 0.1) is 11.0 Å². The third-order valence-electron chi connectivity index (χ3n) is 3.22. The van der Waals surface area contributed by atoms with Crippen molar-refractivity contribution in [3.05, 3.63) is 48.3 Å². The SMILES string of the molecule is CSc1ccc(-n2c(CO)nc3cc(N)ccc32)cc1. The fraction of sp³-hybridized carbons (Fsp3) is 0.133. The highest BCUT2D eigenvalue weighted by atomic mass is 32.2. The fourth-order valence-electron chi connectivity index (χ4n) is 2.27. The number of aliphatic hydroxyl groups is 1. The Morgan fingerprint density at radius 2 is 1.95 bits per heavy atom. The molecule has 0 bridgehead atoms. The number of rotatable bonds is 3. The summed E-state index contributed by atoms with van der Waals surface area (Å²) in [4.78, 5) is 5.64. The Bertz CT molecular complexity index is 750. The van der Waals surface area contributed by atoms with E-state index in [0.717, 1.165) is 16.7 Å². The summed E-state index contributed by atoms with van der Waals surface area (Å²) >= 11 is 1.70. The van der Waals surface area contributed by atoms with E-state index >= 15 is 0 Å². The van der Waals surface area contributed by atoms with Crippen LogP contribution in [-0.2, 0) is 6.61 Å². The molecule has 4 nitrogen and oxygen atoms in total. The third-order valence-corrected chi connectivity index (χ3v) is 3.96. The van der Waals surface area contributed by atoms with Gasteiger partial charge < -0.3 is 10.8 Å². The van der Waals surface area contributed by atoms with E-state index in [2.05, 4.69) is 17.1 Å². The molecular weight excluding hydrogens is 270 g/mol. The molecular formula is C15H15N3OS. The first-order valence-corrected chi connectivity index (χ1v) is 7.47. The quantitative estimate of drug-likeness (QED) is 0.574. The summed E-state index contributed by atoms with van der Waals surface area (Å²) in [5.41, 5.74) is 9.18. The molecule has 3 rings (SSSR count). The average Bonchev–Trinajstić information content (AvgIpc) is 2.84. The zero-order chi connectivity index (χ0) is 14.1. The zero-order valence-electron chi connectivity index (χ0n) is 11.1. The minimum atomic E-state index is -0.112. The van der Waals surface area contributed by atoms with Crippen molar-refractivity contribution in [1.82, 2.24) is 9.55 Å². The Balaban J connectivity index is 2.22. The zero-order valence-corrected chi connectivity index (χ0v) is 11.9. The average molecular weight is 285 g/mol. The predicted octanol–water partition coefficient (Wildman–Crippen LogP) is 2.82. The van der Waals surface area contributed by atoms with E-state index in [0.29, 0.717) is 11.5 Å². The molecule has 5 heteroatoms. The van der Waals surface area contributed by atoms with Gasteiger partial charge >= 0.3 is 0 Å². The van der Waals surface area contributed by atoms with Gasteiger partial charge in [-0.05, 0) is 48.7 Å². The number of thioether (sulfide) groups is 1. The molecule has 0 aliphatic heterocycles. The van der Waals surface area contributed by atoms with Crippen LogP contribution in [0.1, 0.15) is 5.82 Å². The van der Waals surface area contributed by atoms with Crippen LogP contribution >= 0.6 is 11.8 Å². The Hall–Kier alpha value is -1.98. The molecule has 0 saturated heterocycles. The highest BCUT2D eigenvalue weighted by molar-refractivity contribution is 7.98.